The molecule has 0 bridgehead atoms. The molecule has 1 unspecified atom stereocenters. The van der Waals surface area contributed by atoms with Gasteiger partial charge in [-0.1, -0.05) is 24.3 Å². The Morgan fingerprint density at radius 3 is 2.84 bits per heavy atom. The van der Waals surface area contributed by atoms with Gasteiger partial charge in [0.05, 0.1) is 10.5 Å². The molecule has 1 atom stereocenters. The molecule has 104 valence electrons. The summed E-state index contributed by atoms with van der Waals surface area (Å²) in [5.74, 6) is 0. The molecule has 2 rings (SSSR count). The van der Waals surface area contributed by atoms with Crippen LogP contribution in [0.2, 0.25) is 0 Å². The molecule has 0 saturated carbocycles. The van der Waals surface area contributed by atoms with Gasteiger partial charge < -0.3 is 5.11 Å². The van der Waals surface area contributed by atoms with Crippen molar-refractivity contribution in [3.63, 3.8) is 0 Å². The molecule has 5 heteroatoms. The molecule has 1 aromatic carbocycles. The number of allylic oxidation sites excluding steroid dienone is 1. The Bertz CT molecular complexity index is 580. The second-order valence-corrected chi connectivity index (χ2v) is 6.81. The fourth-order valence-electron chi connectivity index (χ4n) is 2.15. The average molecular weight is 281 g/mol. The number of rotatable bonds is 4. The smallest absolute Gasteiger partial charge is 0.240 e. The van der Waals surface area contributed by atoms with Crippen LogP contribution in [0, 0.1) is 6.92 Å². The molecule has 0 amide bonds. The number of nitrogens with one attached hydrogen (secondary N) is 1. The fourth-order valence-corrected chi connectivity index (χ4v) is 3.35. The Balaban J connectivity index is 2.10. The van der Waals surface area contributed by atoms with E-state index in [4.69, 9.17) is 0 Å². The maximum Gasteiger partial charge on any atom is 0.240 e. The van der Waals surface area contributed by atoms with Gasteiger partial charge in [0.25, 0.3) is 0 Å². The van der Waals surface area contributed by atoms with Crippen LogP contribution in [0.25, 0.3) is 0 Å². The first kappa shape index (κ1) is 14.2. The second kappa shape index (κ2) is 5.45. The van der Waals surface area contributed by atoms with Crippen molar-refractivity contribution in [3.05, 3.63) is 42.0 Å². The Hall–Kier alpha value is -1.17. The lowest BCUT2D eigenvalue weighted by molar-refractivity contribution is 0.0797. The highest BCUT2D eigenvalue weighted by Crippen LogP contribution is 2.22. The third-order valence-corrected chi connectivity index (χ3v) is 4.68. The van der Waals surface area contributed by atoms with E-state index in [1.54, 1.807) is 24.3 Å². The monoisotopic (exact) mass is 281 g/mol. The van der Waals surface area contributed by atoms with Gasteiger partial charge in [-0.3, -0.25) is 0 Å². The summed E-state index contributed by atoms with van der Waals surface area (Å²) < 4.78 is 26.7. The van der Waals surface area contributed by atoms with E-state index in [9.17, 15) is 13.5 Å². The molecule has 4 nitrogen and oxygen atoms in total. The average Bonchev–Trinajstić information content (AvgIpc) is 2.38. The molecule has 1 aliphatic carbocycles. The summed E-state index contributed by atoms with van der Waals surface area (Å²) in [6, 6.07) is 6.72. The molecule has 0 radical (unpaired) electrons. The minimum absolute atomic E-state index is 0.0137. The van der Waals surface area contributed by atoms with Gasteiger partial charge in [0.15, 0.2) is 0 Å². The van der Waals surface area contributed by atoms with Gasteiger partial charge in [-0.2, -0.15) is 0 Å². The Kier molecular flexibility index (Phi) is 4.08. The van der Waals surface area contributed by atoms with E-state index >= 15 is 0 Å². The van der Waals surface area contributed by atoms with Gasteiger partial charge in [-0.15, -0.1) is 0 Å². The zero-order chi connectivity index (χ0) is 13.9. The SMILES string of the molecule is Cc1cccc(S(=O)(=O)NCC2(O)C=CCCC2)c1. The van der Waals surface area contributed by atoms with E-state index in [1.807, 2.05) is 19.1 Å². The third kappa shape index (κ3) is 3.65. The lowest BCUT2D eigenvalue weighted by Gasteiger charge is -2.27. The van der Waals surface area contributed by atoms with Gasteiger partial charge in [-0.25, -0.2) is 13.1 Å². The first-order chi connectivity index (χ1) is 8.91. The summed E-state index contributed by atoms with van der Waals surface area (Å²) in [5.41, 5.74) is -0.172. The summed E-state index contributed by atoms with van der Waals surface area (Å²) in [4.78, 5) is 0.232. The molecule has 0 heterocycles. The van der Waals surface area contributed by atoms with Crippen molar-refractivity contribution in [3.8, 4) is 0 Å². The van der Waals surface area contributed by atoms with Gasteiger partial charge in [-0.05, 0) is 43.9 Å². The van der Waals surface area contributed by atoms with Crippen LogP contribution in [0.3, 0.4) is 0 Å². The number of aliphatic hydroxyl groups is 1. The van der Waals surface area contributed by atoms with Crippen LogP contribution in [0.4, 0.5) is 0 Å². The minimum Gasteiger partial charge on any atom is -0.384 e. The molecule has 19 heavy (non-hydrogen) atoms. The highest BCUT2D eigenvalue weighted by atomic mass is 32.2. The lowest BCUT2D eigenvalue weighted by atomic mass is 9.91. The zero-order valence-electron chi connectivity index (χ0n) is 11.0. The second-order valence-electron chi connectivity index (χ2n) is 5.04. The van der Waals surface area contributed by atoms with Crippen molar-refractivity contribution < 1.29 is 13.5 Å². The molecule has 0 spiro atoms. The highest BCUT2D eigenvalue weighted by molar-refractivity contribution is 7.89. The summed E-state index contributed by atoms with van der Waals surface area (Å²) in [5, 5.41) is 10.2. The molecular weight excluding hydrogens is 262 g/mol. The number of hydrogen-bond donors (Lipinski definition) is 2. The van der Waals surface area contributed by atoms with Crippen molar-refractivity contribution in [2.75, 3.05) is 6.54 Å². The summed E-state index contributed by atoms with van der Waals surface area (Å²) in [6.45, 7) is 1.86. The quantitative estimate of drug-likeness (QED) is 0.826. The Morgan fingerprint density at radius 2 is 2.21 bits per heavy atom. The minimum atomic E-state index is -3.56. The third-order valence-electron chi connectivity index (χ3n) is 3.28. The lowest BCUT2D eigenvalue weighted by Crippen LogP contribution is -2.42. The topological polar surface area (TPSA) is 66.4 Å². The summed E-state index contributed by atoms with van der Waals surface area (Å²) in [6.07, 6.45) is 5.98. The van der Waals surface area contributed by atoms with Crippen molar-refractivity contribution in [1.29, 1.82) is 0 Å². The summed E-state index contributed by atoms with van der Waals surface area (Å²) >= 11 is 0. The van der Waals surface area contributed by atoms with Gasteiger partial charge in [0.2, 0.25) is 10.0 Å². The van der Waals surface area contributed by atoms with Crippen molar-refractivity contribution in [1.82, 2.24) is 4.72 Å². The molecule has 0 fully saturated rings. The van der Waals surface area contributed by atoms with Crippen LogP contribution < -0.4 is 4.72 Å². The molecule has 1 aromatic rings. The predicted octanol–water partition coefficient (Wildman–Crippen LogP) is 1.74. The van der Waals surface area contributed by atoms with E-state index < -0.39 is 15.6 Å². The van der Waals surface area contributed by atoms with E-state index in [0.717, 1.165) is 18.4 Å². The molecule has 0 aliphatic heterocycles. The number of benzene rings is 1. The predicted molar refractivity (Wildman–Crippen MR) is 74.3 cm³/mol. The van der Waals surface area contributed by atoms with Crippen LogP contribution >= 0.6 is 0 Å². The van der Waals surface area contributed by atoms with Crippen molar-refractivity contribution >= 4 is 10.0 Å². The first-order valence-electron chi connectivity index (χ1n) is 6.38. The van der Waals surface area contributed by atoms with E-state index in [2.05, 4.69) is 4.72 Å². The first-order valence-corrected chi connectivity index (χ1v) is 7.86. The zero-order valence-corrected chi connectivity index (χ0v) is 11.8. The van der Waals surface area contributed by atoms with Crippen LogP contribution in [-0.4, -0.2) is 25.7 Å². The van der Waals surface area contributed by atoms with Gasteiger partial charge >= 0.3 is 0 Å². The van der Waals surface area contributed by atoms with E-state index in [1.165, 1.54) is 0 Å². The van der Waals surface area contributed by atoms with Crippen LogP contribution in [0.1, 0.15) is 24.8 Å². The van der Waals surface area contributed by atoms with Crippen LogP contribution in [0.15, 0.2) is 41.3 Å². The molecule has 0 saturated heterocycles. The van der Waals surface area contributed by atoms with Crippen LogP contribution in [0.5, 0.6) is 0 Å². The molecular formula is C14H19NO3S. The molecule has 1 aliphatic rings. The van der Waals surface area contributed by atoms with E-state index in [0.29, 0.717) is 6.42 Å². The largest absolute Gasteiger partial charge is 0.384 e. The summed E-state index contributed by atoms with van der Waals surface area (Å²) in [7, 11) is -3.56. The Morgan fingerprint density at radius 1 is 1.42 bits per heavy atom. The van der Waals surface area contributed by atoms with E-state index in [-0.39, 0.29) is 11.4 Å². The van der Waals surface area contributed by atoms with Crippen molar-refractivity contribution in [2.45, 2.75) is 36.7 Å². The molecule has 2 N–H and O–H groups in total. The van der Waals surface area contributed by atoms with Gasteiger partial charge in [0.1, 0.15) is 0 Å². The number of sulfonamides is 1. The molecule has 0 aromatic heterocycles. The highest BCUT2D eigenvalue weighted by Gasteiger charge is 2.27. The number of aryl methyl sites for hydroxylation is 1. The van der Waals surface area contributed by atoms with Crippen LogP contribution in [-0.2, 0) is 10.0 Å². The number of hydrogen-bond acceptors (Lipinski definition) is 3. The fraction of sp³-hybridized carbons (Fsp3) is 0.429. The Labute approximate surface area is 114 Å². The standard InChI is InChI=1S/C14H19NO3S/c1-12-6-5-7-13(10-12)19(17,18)15-11-14(16)8-3-2-4-9-14/h3,5-8,10,15-16H,2,4,9,11H2,1H3. The maximum atomic E-state index is 12.1. The van der Waals surface area contributed by atoms with Crippen molar-refractivity contribution in [2.24, 2.45) is 0 Å². The normalized spacial score (nSPS) is 23.5. The maximum absolute atomic E-state index is 12.1. The van der Waals surface area contributed by atoms with Gasteiger partial charge in [0, 0.05) is 6.54 Å².